The molecular weight excluding hydrogens is 192 g/mol. The first-order chi connectivity index (χ1) is 6.53. The van der Waals surface area contributed by atoms with E-state index in [-0.39, 0.29) is 31.3 Å². The fourth-order valence-electron chi connectivity index (χ4n) is 1.53. The van der Waals surface area contributed by atoms with Crippen molar-refractivity contribution in [2.24, 2.45) is 10.9 Å². The average molecular weight is 207 g/mol. The number of alkyl halides is 2. The monoisotopic (exact) mass is 207 g/mol. The van der Waals surface area contributed by atoms with E-state index in [1.165, 1.54) is 0 Å². The molecule has 0 spiro atoms. The molecule has 0 aliphatic heterocycles. The largest absolute Gasteiger partial charge is 0.409 e. The van der Waals surface area contributed by atoms with Gasteiger partial charge in [0.25, 0.3) is 0 Å². The highest BCUT2D eigenvalue weighted by atomic mass is 19.3. The minimum atomic E-state index is -2.51. The second kappa shape index (κ2) is 4.54. The van der Waals surface area contributed by atoms with E-state index in [4.69, 9.17) is 10.9 Å². The molecule has 0 bridgehead atoms. The molecule has 0 saturated heterocycles. The Balaban J connectivity index is 2.23. The van der Waals surface area contributed by atoms with Crippen LogP contribution in [0.4, 0.5) is 8.78 Å². The zero-order valence-corrected chi connectivity index (χ0v) is 7.84. The molecule has 4 N–H and O–H groups in total. The standard InChI is InChI=1S/C8H15F2N3O/c9-8(10)3-1-6(2-4-8)12-5-7(11)13-14/h6,12,14H,1-5H2,(H2,11,13). The fraction of sp³-hybridized carbons (Fsp3) is 0.875. The summed E-state index contributed by atoms with van der Waals surface area (Å²) >= 11 is 0. The highest BCUT2D eigenvalue weighted by molar-refractivity contribution is 5.81. The van der Waals surface area contributed by atoms with Crippen molar-refractivity contribution in [3.8, 4) is 0 Å². The first kappa shape index (κ1) is 11.2. The molecule has 1 saturated carbocycles. The van der Waals surface area contributed by atoms with Crippen LogP contribution in [0, 0.1) is 0 Å². The first-order valence-corrected chi connectivity index (χ1v) is 4.61. The maximum atomic E-state index is 12.7. The summed E-state index contributed by atoms with van der Waals surface area (Å²) in [6.45, 7) is 0.243. The van der Waals surface area contributed by atoms with Crippen LogP contribution in [-0.2, 0) is 0 Å². The first-order valence-electron chi connectivity index (χ1n) is 4.61. The third-order valence-electron chi connectivity index (χ3n) is 2.42. The third kappa shape index (κ3) is 3.45. The van der Waals surface area contributed by atoms with E-state index in [0.717, 1.165) is 0 Å². The van der Waals surface area contributed by atoms with Crippen molar-refractivity contribution in [3.63, 3.8) is 0 Å². The van der Waals surface area contributed by atoms with Crippen LogP contribution in [0.5, 0.6) is 0 Å². The number of hydrogen-bond donors (Lipinski definition) is 3. The van der Waals surface area contributed by atoms with E-state index in [9.17, 15) is 8.78 Å². The molecule has 0 aromatic rings. The summed E-state index contributed by atoms with van der Waals surface area (Å²) in [6.07, 6.45) is 0.707. The Morgan fingerprint density at radius 3 is 2.57 bits per heavy atom. The molecule has 0 amide bonds. The molecule has 0 aromatic heterocycles. The van der Waals surface area contributed by atoms with Crippen molar-refractivity contribution in [2.45, 2.75) is 37.6 Å². The summed E-state index contributed by atoms with van der Waals surface area (Å²) < 4.78 is 25.5. The molecular formula is C8H15F2N3O. The van der Waals surface area contributed by atoms with E-state index in [2.05, 4.69) is 10.5 Å². The van der Waals surface area contributed by atoms with Gasteiger partial charge in [-0.15, -0.1) is 0 Å². The molecule has 0 radical (unpaired) electrons. The molecule has 6 heteroatoms. The Labute approximate surface area is 81.2 Å². The Morgan fingerprint density at radius 2 is 2.07 bits per heavy atom. The summed E-state index contributed by atoms with van der Waals surface area (Å²) in [5.41, 5.74) is 5.23. The van der Waals surface area contributed by atoms with Crippen LogP contribution in [0.3, 0.4) is 0 Å². The molecule has 4 nitrogen and oxygen atoms in total. The predicted octanol–water partition coefficient (Wildman–Crippen LogP) is 0.900. The van der Waals surface area contributed by atoms with Crippen LogP contribution in [0.15, 0.2) is 5.16 Å². The van der Waals surface area contributed by atoms with Crippen LogP contribution >= 0.6 is 0 Å². The van der Waals surface area contributed by atoms with Gasteiger partial charge in [0.1, 0.15) is 0 Å². The molecule has 1 fully saturated rings. The van der Waals surface area contributed by atoms with Crippen molar-refractivity contribution in [1.82, 2.24) is 5.32 Å². The van der Waals surface area contributed by atoms with Gasteiger partial charge in [0.15, 0.2) is 5.84 Å². The number of hydrogen-bond acceptors (Lipinski definition) is 3. The van der Waals surface area contributed by atoms with Gasteiger partial charge < -0.3 is 16.3 Å². The van der Waals surface area contributed by atoms with E-state index >= 15 is 0 Å². The lowest BCUT2D eigenvalue weighted by Crippen LogP contribution is -2.41. The Morgan fingerprint density at radius 1 is 1.50 bits per heavy atom. The predicted molar refractivity (Wildman–Crippen MR) is 48.6 cm³/mol. The van der Waals surface area contributed by atoms with Crippen molar-refractivity contribution >= 4 is 5.84 Å². The lowest BCUT2D eigenvalue weighted by Gasteiger charge is -2.28. The topological polar surface area (TPSA) is 70.6 Å². The van der Waals surface area contributed by atoms with Gasteiger partial charge in [0, 0.05) is 18.9 Å². The van der Waals surface area contributed by atoms with Gasteiger partial charge >= 0.3 is 0 Å². The second-order valence-electron chi connectivity index (χ2n) is 3.60. The number of oxime groups is 1. The smallest absolute Gasteiger partial charge is 0.248 e. The zero-order valence-electron chi connectivity index (χ0n) is 7.84. The minimum absolute atomic E-state index is 0.0509. The van der Waals surface area contributed by atoms with Crippen LogP contribution < -0.4 is 11.1 Å². The van der Waals surface area contributed by atoms with E-state index in [1.807, 2.05) is 0 Å². The maximum Gasteiger partial charge on any atom is 0.248 e. The summed E-state index contributed by atoms with van der Waals surface area (Å²) in [4.78, 5) is 0. The number of rotatable bonds is 3. The lowest BCUT2D eigenvalue weighted by atomic mass is 9.92. The van der Waals surface area contributed by atoms with Crippen LogP contribution in [0.2, 0.25) is 0 Å². The number of nitrogens with two attached hydrogens (primary N) is 1. The maximum absolute atomic E-state index is 12.7. The molecule has 82 valence electrons. The number of amidine groups is 1. The molecule has 0 atom stereocenters. The summed E-state index contributed by atoms with van der Waals surface area (Å²) in [5, 5.41) is 14.0. The molecule has 0 unspecified atom stereocenters. The summed E-state index contributed by atoms with van der Waals surface area (Å²) in [7, 11) is 0. The SMILES string of the molecule is N/C(CNC1CCC(F)(F)CC1)=N\O. The van der Waals surface area contributed by atoms with Crippen LogP contribution in [0.25, 0.3) is 0 Å². The average Bonchev–Trinajstić information content (AvgIpc) is 2.16. The van der Waals surface area contributed by atoms with Crippen LogP contribution in [-0.4, -0.2) is 29.6 Å². The van der Waals surface area contributed by atoms with Gasteiger partial charge in [0.2, 0.25) is 5.92 Å². The third-order valence-corrected chi connectivity index (χ3v) is 2.42. The Kier molecular flexibility index (Phi) is 3.62. The van der Waals surface area contributed by atoms with Crippen molar-refractivity contribution in [2.75, 3.05) is 6.54 Å². The highest BCUT2D eigenvalue weighted by Gasteiger charge is 2.34. The minimum Gasteiger partial charge on any atom is -0.409 e. The quantitative estimate of drug-likeness (QED) is 0.279. The molecule has 14 heavy (non-hydrogen) atoms. The number of nitrogens with zero attached hydrogens (tertiary/aromatic N) is 1. The second-order valence-corrected chi connectivity index (χ2v) is 3.60. The molecule has 1 aliphatic rings. The number of halogens is 2. The molecule has 0 aromatic carbocycles. The number of nitrogens with one attached hydrogen (secondary N) is 1. The molecule has 1 rings (SSSR count). The van der Waals surface area contributed by atoms with E-state index < -0.39 is 5.92 Å². The van der Waals surface area contributed by atoms with Gasteiger partial charge in [-0.1, -0.05) is 5.16 Å². The molecule has 1 aliphatic carbocycles. The van der Waals surface area contributed by atoms with Gasteiger partial charge in [-0.3, -0.25) is 0 Å². The zero-order chi connectivity index (χ0) is 10.6. The van der Waals surface area contributed by atoms with Gasteiger partial charge in [-0.05, 0) is 12.8 Å². The Bertz CT molecular complexity index is 211. The summed E-state index contributed by atoms with van der Waals surface area (Å²) in [5.74, 6) is -2.43. The van der Waals surface area contributed by atoms with Crippen molar-refractivity contribution in [3.05, 3.63) is 0 Å². The van der Waals surface area contributed by atoms with Gasteiger partial charge in [-0.25, -0.2) is 8.78 Å². The van der Waals surface area contributed by atoms with Crippen molar-refractivity contribution < 1.29 is 14.0 Å². The lowest BCUT2D eigenvalue weighted by molar-refractivity contribution is -0.0400. The van der Waals surface area contributed by atoms with Gasteiger partial charge in [0.05, 0.1) is 6.54 Å². The fourth-order valence-corrected chi connectivity index (χ4v) is 1.53. The highest BCUT2D eigenvalue weighted by Crippen LogP contribution is 2.32. The normalized spacial score (nSPS) is 23.7. The van der Waals surface area contributed by atoms with E-state index in [1.54, 1.807) is 0 Å². The van der Waals surface area contributed by atoms with Gasteiger partial charge in [-0.2, -0.15) is 0 Å². The summed E-state index contributed by atoms with van der Waals surface area (Å²) in [6, 6.07) is 0.0509. The van der Waals surface area contributed by atoms with Crippen LogP contribution in [0.1, 0.15) is 25.7 Å². The van der Waals surface area contributed by atoms with E-state index in [0.29, 0.717) is 12.8 Å². The molecule has 0 heterocycles. The Hall–Kier alpha value is -0.910. The van der Waals surface area contributed by atoms with Crippen molar-refractivity contribution in [1.29, 1.82) is 0 Å².